The van der Waals surface area contributed by atoms with Crippen LogP contribution in [0.5, 0.6) is 0 Å². The second-order valence-electron chi connectivity index (χ2n) is 5.11. The molecule has 0 fully saturated rings. The molecule has 1 aromatic heterocycles. The maximum absolute atomic E-state index is 4.86. The fourth-order valence-corrected chi connectivity index (χ4v) is 2.79. The van der Waals surface area contributed by atoms with E-state index in [0.717, 1.165) is 32.4 Å². The molecule has 1 N–H and O–H groups in total. The van der Waals surface area contributed by atoms with Crippen molar-refractivity contribution in [3.8, 4) is 0 Å². The quantitative estimate of drug-likeness (QED) is 0.734. The second-order valence-corrected chi connectivity index (χ2v) is 5.11. The van der Waals surface area contributed by atoms with Crippen molar-refractivity contribution in [2.24, 2.45) is 0 Å². The summed E-state index contributed by atoms with van der Waals surface area (Å²) in [5, 5.41) is 8.48. The van der Waals surface area contributed by atoms with Gasteiger partial charge in [0.2, 0.25) is 0 Å². The molecule has 0 bridgehead atoms. The normalized spacial score (nSPS) is 12.9. The van der Waals surface area contributed by atoms with E-state index < -0.39 is 0 Å². The zero-order valence-electron chi connectivity index (χ0n) is 13.4. The number of rotatable bonds is 9. The van der Waals surface area contributed by atoms with Gasteiger partial charge in [0.05, 0.1) is 5.69 Å². The van der Waals surface area contributed by atoms with E-state index in [1.165, 1.54) is 29.8 Å². The lowest BCUT2D eigenvalue weighted by atomic mass is 9.99. The Balaban J connectivity index is 3.14. The van der Waals surface area contributed by atoms with Crippen molar-refractivity contribution < 1.29 is 0 Å². The first-order valence-electron chi connectivity index (χ1n) is 8.05. The first-order valence-corrected chi connectivity index (χ1v) is 8.05. The Labute approximate surface area is 118 Å². The molecule has 0 amide bonds. The molecule has 0 saturated heterocycles. The van der Waals surface area contributed by atoms with E-state index in [0.29, 0.717) is 6.04 Å². The van der Waals surface area contributed by atoms with E-state index in [4.69, 9.17) is 5.10 Å². The van der Waals surface area contributed by atoms with Crippen LogP contribution in [0.1, 0.15) is 76.9 Å². The molecule has 1 rings (SSSR count). The molecule has 3 nitrogen and oxygen atoms in total. The van der Waals surface area contributed by atoms with Crippen molar-refractivity contribution in [3.63, 3.8) is 0 Å². The Morgan fingerprint density at radius 2 is 1.84 bits per heavy atom. The van der Waals surface area contributed by atoms with Crippen LogP contribution in [0, 0.1) is 0 Å². The Bertz CT molecular complexity index is 368. The molecule has 19 heavy (non-hydrogen) atoms. The average molecular weight is 265 g/mol. The number of hydrogen-bond acceptors (Lipinski definition) is 2. The van der Waals surface area contributed by atoms with Gasteiger partial charge in [-0.05, 0) is 32.2 Å². The summed E-state index contributed by atoms with van der Waals surface area (Å²) in [5.41, 5.74) is 4.21. The number of hydrogen-bond donors (Lipinski definition) is 1. The number of nitrogens with one attached hydrogen (secondary N) is 1. The third-order valence-electron chi connectivity index (χ3n) is 3.78. The van der Waals surface area contributed by atoms with Crippen LogP contribution in [0.15, 0.2) is 0 Å². The molecule has 0 aliphatic heterocycles. The molecule has 0 aliphatic carbocycles. The van der Waals surface area contributed by atoms with Crippen LogP contribution in [0.2, 0.25) is 0 Å². The molecule has 110 valence electrons. The predicted octanol–water partition coefficient (Wildman–Crippen LogP) is 3.87. The van der Waals surface area contributed by atoms with Crippen molar-refractivity contribution in [2.75, 3.05) is 6.54 Å². The summed E-state index contributed by atoms with van der Waals surface area (Å²) in [6.45, 7) is 13.2. The Morgan fingerprint density at radius 1 is 1.11 bits per heavy atom. The van der Waals surface area contributed by atoms with Gasteiger partial charge < -0.3 is 5.32 Å². The predicted molar refractivity (Wildman–Crippen MR) is 82.6 cm³/mol. The molecular weight excluding hydrogens is 234 g/mol. The summed E-state index contributed by atoms with van der Waals surface area (Å²) >= 11 is 0. The fourth-order valence-electron chi connectivity index (χ4n) is 2.79. The van der Waals surface area contributed by atoms with E-state index >= 15 is 0 Å². The monoisotopic (exact) mass is 265 g/mol. The lowest BCUT2D eigenvalue weighted by Crippen LogP contribution is -2.22. The van der Waals surface area contributed by atoms with Crippen LogP contribution < -0.4 is 5.32 Å². The van der Waals surface area contributed by atoms with E-state index in [2.05, 4.69) is 44.6 Å². The zero-order valence-corrected chi connectivity index (χ0v) is 13.4. The second kappa shape index (κ2) is 8.36. The van der Waals surface area contributed by atoms with Crippen LogP contribution in [0.3, 0.4) is 0 Å². The minimum Gasteiger partial charge on any atom is -0.310 e. The highest BCUT2D eigenvalue weighted by Crippen LogP contribution is 2.26. The van der Waals surface area contributed by atoms with Gasteiger partial charge in [-0.25, -0.2) is 0 Å². The Kier molecular flexibility index (Phi) is 7.14. The summed E-state index contributed by atoms with van der Waals surface area (Å²) in [6, 6.07) is 0.463. The van der Waals surface area contributed by atoms with Gasteiger partial charge in [0.25, 0.3) is 0 Å². The van der Waals surface area contributed by atoms with Crippen LogP contribution in [-0.2, 0) is 19.4 Å². The molecular formula is C16H31N3. The van der Waals surface area contributed by atoms with Gasteiger partial charge in [0, 0.05) is 23.8 Å². The SMILES string of the molecule is CCCCn1nc(CC)c(C(CC)NCC)c1CC. The summed E-state index contributed by atoms with van der Waals surface area (Å²) < 4.78 is 2.26. The first-order chi connectivity index (χ1) is 9.23. The maximum atomic E-state index is 4.86. The molecule has 1 heterocycles. The molecule has 1 unspecified atom stereocenters. The third kappa shape index (κ3) is 3.82. The standard InChI is InChI=1S/C16H31N3/c1-6-11-12-19-15(9-4)16(14(8-3)18-19)13(7-2)17-10-5/h13,17H,6-12H2,1-5H3. The number of aryl methyl sites for hydroxylation is 2. The van der Waals surface area contributed by atoms with Crippen LogP contribution >= 0.6 is 0 Å². The topological polar surface area (TPSA) is 29.9 Å². The van der Waals surface area contributed by atoms with E-state index in [-0.39, 0.29) is 0 Å². The van der Waals surface area contributed by atoms with Gasteiger partial charge in [0.15, 0.2) is 0 Å². The Morgan fingerprint density at radius 3 is 2.32 bits per heavy atom. The molecule has 3 heteroatoms. The van der Waals surface area contributed by atoms with Crippen molar-refractivity contribution >= 4 is 0 Å². The van der Waals surface area contributed by atoms with Crippen molar-refractivity contribution in [2.45, 2.75) is 79.3 Å². The Hall–Kier alpha value is -0.830. The molecule has 0 aromatic carbocycles. The van der Waals surface area contributed by atoms with Crippen molar-refractivity contribution in [3.05, 3.63) is 17.0 Å². The van der Waals surface area contributed by atoms with Gasteiger partial charge in [0.1, 0.15) is 0 Å². The molecule has 0 aliphatic rings. The summed E-state index contributed by atoms with van der Waals surface area (Å²) in [7, 11) is 0. The number of nitrogens with zero attached hydrogens (tertiary/aromatic N) is 2. The van der Waals surface area contributed by atoms with Crippen LogP contribution in [0.4, 0.5) is 0 Å². The zero-order chi connectivity index (χ0) is 14.3. The van der Waals surface area contributed by atoms with Gasteiger partial charge in [-0.2, -0.15) is 5.10 Å². The van der Waals surface area contributed by atoms with Gasteiger partial charge in [-0.1, -0.05) is 41.0 Å². The lowest BCUT2D eigenvalue weighted by molar-refractivity contribution is 0.520. The lowest BCUT2D eigenvalue weighted by Gasteiger charge is -2.18. The summed E-state index contributed by atoms with van der Waals surface area (Å²) in [4.78, 5) is 0. The summed E-state index contributed by atoms with van der Waals surface area (Å²) in [6.07, 6.45) is 5.68. The van der Waals surface area contributed by atoms with Crippen LogP contribution in [-0.4, -0.2) is 16.3 Å². The van der Waals surface area contributed by atoms with E-state index in [1.54, 1.807) is 0 Å². The van der Waals surface area contributed by atoms with Crippen molar-refractivity contribution in [1.82, 2.24) is 15.1 Å². The van der Waals surface area contributed by atoms with Crippen LogP contribution in [0.25, 0.3) is 0 Å². The van der Waals surface area contributed by atoms with E-state index in [1.807, 2.05) is 0 Å². The molecule has 1 atom stereocenters. The highest BCUT2D eigenvalue weighted by Gasteiger charge is 2.21. The van der Waals surface area contributed by atoms with Gasteiger partial charge >= 0.3 is 0 Å². The van der Waals surface area contributed by atoms with Crippen molar-refractivity contribution in [1.29, 1.82) is 0 Å². The number of aromatic nitrogens is 2. The van der Waals surface area contributed by atoms with Gasteiger partial charge in [-0.15, -0.1) is 0 Å². The third-order valence-corrected chi connectivity index (χ3v) is 3.78. The summed E-state index contributed by atoms with van der Waals surface area (Å²) in [5.74, 6) is 0. The first kappa shape index (κ1) is 16.2. The molecule has 0 radical (unpaired) electrons. The molecule has 0 saturated carbocycles. The smallest absolute Gasteiger partial charge is 0.0672 e. The maximum Gasteiger partial charge on any atom is 0.0672 e. The van der Waals surface area contributed by atoms with E-state index in [9.17, 15) is 0 Å². The number of unbranched alkanes of at least 4 members (excludes halogenated alkanes) is 1. The molecule has 1 aromatic rings. The highest BCUT2D eigenvalue weighted by molar-refractivity contribution is 5.30. The highest BCUT2D eigenvalue weighted by atomic mass is 15.3. The molecule has 0 spiro atoms. The minimum atomic E-state index is 0.463. The fraction of sp³-hybridized carbons (Fsp3) is 0.812. The minimum absolute atomic E-state index is 0.463. The van der Waals surface area contributed by atoms with Gasteiger partial charge in [-0.3, -0.25) is 4.68 Å². The average Bonchev–Trinajstić information content (AvgIpc) is 2.79. The largest absolute Gasteiger partial charge is 0.310 e.